The average Bonchev–Trinajstić information content (AvgIpc) is 2.65. The van der Waals surface area contributed by atoms with E-state index in [2.05, 4.69) is 10.4 Å². The smallest absolute Gasteiger partial charge is 0.334 e. The number of rotatable bonds is 7. The molecular formula is C10H16N4O5. The molecule has 1 atom stereocenters. The predicted octanol–water partition coefficient (Wildman–Crippen LogP) is 0.631. The molecule has 0 aromatic carbocycles. The number of nitrogens with one attached hydrogen (secondary N) is 1. The fourth-order valence-electron chi connectivity index (χ4n) is 1.66. The normalized spacial score (nSPS) is 12.2. The van der Waals surface area contributed by atoms with Crippen LogP contribution in [0.1, 0.15) is 12.6 Å². The third-order valence-electron chi connectivity index (χ3n) is 2.59. The Kier molecular flexibility index (Phi) is 4.81. The number of ether oxygens (including phenoxy) is 1. The number of methoxy groups -OCH3 is 1. The van der Waals surface area contributed by atoms with Crippen LogP contribution in [-0.2, 0) is 16.1 Å². The molecule has 9 heteroatoms. The number of anilines is 1. The number of aromatic nitrogens is 2. The summed E-state index contributed by atoms with van der Waals surface area (Å²) in [6.45, 7) is 3.66. The lowest BCUT2D eigenvalue weighted by Crippen LogP contribution is -2.31. The van der Waals surface area contributed by atoms with E-state index in [0.29, 0.717) is 6.54 Å². The Morgan fingerprint density at radius 3 is 2.74 bits per heavy atom. The SMILES string of the molecule is CCn1nc(C)c([N+](=O)[O-])c1NCC(OC)C(=O)O. The summed E-state index contributed by atoms with van der Waals surface area (Å²) in [6, 6.07) is 0. The van der Waals surface area contributed by atoms with Gasteiger partial charge >= 0.3 is 11.7 Å². The number of aliphatic carboxylic acids is 1. The number of carbonyl (C=O) groups is 1. The zero-order valence-corrected chi connectivity index (χ0v) is 10.9. The van der Waals surface area contributed by atoms with Crippen molar-refractivity contribution in [3.8, 4) is 0 Å². The van der Waals surface area contributed by atoms with E-state index in [-0.39, 0.29) is 23.7 Å². The van der Waals surface area contributed by atoms with Gasteiger partial charge in [-0.2, -0.15) is 5.10 Å². The maximum absolute atomic E-state index is 11.0. The molecule has 0 spiro atoms. The molecule has 1 rings (SSSR count). The van der Waals surface area contributed by atoms with Gasteiger partial charge in [0.2, 0.25) is 5.82 Å². The molecule has 0 aliphatic rings. The minimum absolute atomic E-state index is 0.0855. The minimum atomic E-state index is -1.14. The molecule has 0 bridgehead atoms. The molecule has 0 saturated carbocycles. The van der Waals surface area contributed by atoms with Crippen LogP contribution in [0.2, 0.25) is 0 Å². The highest BCUT2D eigenvalue weighted by Crippen LogP contribution is 2.28. The monoisotopic (exact) mass is 272 g/mol. The first-order valence-electron chi connectivity index (χ1n) is 5.63. The van der Waals surface area contributed by atoms with Crippen molar-refractivity contribution in [2.75, 3.05) is 19.0 Å². The van der Waals surface area contributed by atoms with Crippen molar-refractivity contribution in [1.29, 1.82) is 0 Å². The maximum atomic E-state index is 11.0. The van der Waals surface area contributed by atoms with Crippen LogP contribution in [0.5, 0.6) is 0 Å². The summed E-state index contributed by atoms with van der Waals surface area (Å²) in [5, 5.41) is 26.6. The molecule has 9 nitrogen and oxygen atoms in total. The van der Waals surface area contributed by atoms with Crippen LogP contribution in [0.3, 0.4) is 0 Å². The van der Waals surface area contributed by atoms with Gasteiger partial charge in [-0.25, -0.2) is 9.48 Å². The molecule has 0 radical (unpaired) electrons. The van der Waals surface area contributed by atoms with Crippen LogP contribution in [0.25, 0.3) is 0 Å². The van der Waals surface area contributed by atoms with E-state index >= 15 is 0 Å². The second-order valence-corrected chi connectivity index (χ2v) is 3.80. The van der Waals surface area contributed by atoms with E-state index < -0.39 is 17.0 Å². The molecule has 1 unspecified atom stereocenters. The maximum Gasteiger partial charge on any atom is 0.334 e. The lowest BCUT2D eigenvalue weighted by Gasteiger charge is -2.12. The van der Waals surface area contributed by atoms with Crippen molar-refractivity contribution >= 4 is 17.5 Å². The second kappa shape index (κ2) is 6.14. The van der Waals surface area contributed by atoms with Crippen molar-refractivity contribution in [2.24, 2.45) is 0 Å². The van der Waals surface area contributed by atoms with E-state index in [1.807, 2.05) is 0 Å². The van der Waals surface area contributed by atoms with Crippen molar-refractivity contribution in [1.82, 2.24) is 9.78 Å². The molecule has 106 valence electrons. The number of aryl methyl sites for hydroxylation is 2. The third-order valence-corrected chi connectivity index (χ3v) is 2.59. The zero-order chi connectivity index (χ0) is 14.6. The minimum Gasteiger partial charge on any atom is -0.479 e. The van der Waals surface area contributed by atoms with Gasteiger partial charge in [0.25, 0.3) is 0 Å². The molecular weight excluding hydrogens is 256 g/mol. The molecule has 2 N–H and O–H groups in total. The number of hydrogen-bond acceptors (Lipinski definition) is 6. The molecule has 1 heterocycles. The summed E-state index contributed by atoms with van der Waals surface area (Å²) in [5.74, 6) is -0.953. The Labute approximate surface area is 109 Å². The van der Waals surface area contributed by atoms with E-state index in [1.165, 1.54) is 18.7 Å². The molecule has 0 saturated heterocycles. The second-order valence-electron chi connectivity index (χ2n) is 3.80. The van der Waals surface area contributed by atoms with E-state index in [1.54, 1.807) is 6.92 Å². The van der Waals surface area contributed by atoms with Crippen molar-refractivity contribution < 1.29 is 19.6 Å². The number of nitro groups is 1. The van der Waals surface area contributed by atoms with Crippen molar-refractivity contribution in [2.45, 2.75) is 26.5 Å². The first-order valence-corrected chi connectivity index (χ1v) is 5.63. The highest BCUT2D eigenvalue weighted by molar-refractivity contribution is 5.73. The van der Waals surface area contributed by atoms with E-state index in [4.69, 9.17) is 9.84 Å². The van der Waals surface area contributed by atoms with Crippen LogP contribution >= 0.6 is 0 Å². The number of carboxylic acids is 1. The molecule has 1 aromatic heterocycles. The standard InChI is InChI=1S/C10H16N4O5/c1-4-13-9(8(14(17)18)6(2)12-13)11-5-7(19-3)10(15)16/h7,11H,4-5H2,1-3H3,(H,15,16). The Morgan fingerprint density at radius 1 is 1.68 bits per heavy atom. The first kappa shape index (κ1) is 14.9. The molecule has 0 aliphatic heterocycles. The van der Waals surface area contributed by atoms with Gasteiger partial charge in [0, 0.05) is 13.7 Å². The van der Waals surface area contributed by atoms with Gasteiger partial charge in [0.05, 0.1) is 11.5 Å². The Balaban J connectivity index is 2.99. The Bertz CT molecular complexity index is 485. The lowest BCUT2D eigenvalue weighted by atomic mass is 10.3. The fraction of sp³-hybridized carbons (Fsp3) is 0.600. The van der Waals surface area contributed by atoms with Gasteiger partial charge in [-0.3, -0.25) is 10.1 Å². The summed E-state index contributed by atoms with van der Waals surface area (Å²) < 4.78 is 6.17. The largest absolute Gasteiger partial charge is 0.479 e. The summed E-state index contributed by atoms with van der Waals surface area (Å²) >= 11 is 0. The predicted molar refractivity (Wildman–Crippen MR) is 66.2 cm³/mol. The van der Waals surface area contributed by atoms with Gasteiger partial charge in [0.1, 0.15) is 5.69 Å². The third kappa shape index (κ3) is 3.19. The van der Waals surface area contributed by atoms with Gasteiger partial charge < -0.3 is 15.2 Å². The Morgan fingerprint density at radius 2 is 2.32 bits per heavy atom. The van der Waals surface area contributed by atoms with Gasteiger partial charge in [-0.05, 0) is 13.8 Å². The summed E-state index contributed by atoms with van der Waals surface area (Å²) in [5.41, 5.74) is 0.126. The van der Waals surface area contributed by atoms with Crippen LogP contribution in [-0.4, -0.2) is 45.5 Å². The fourth-order valence-corrected chi connectivity index (χ4v) is 1.66. The molecule has 1 aromatic rings. The van der Waals surface area contributed by atoms with Crippen molar-refractivity contribution in [3.63, 3.8) is 0 Å². The average molecular weight is 272 g/mol. The van der Waals surface area contributed by atoms with Gasteiger partial charge in [-0.1, -0.05) is 0 Å². The van der Waals surface area contributed by atoms with Crippen LogP contribution in [0, 0.1) is 17.0 Å². The number of carboxylic acid groups (broad SMARTS) is 1. The topological polar surface area (TPSA) is 120 Å². The quantitative estimate of drug-likeness (QED) is 0.551. The summed E-state index contributed by atoms with van der Waals surface area (Å²) in [4.78, 5) is 21.3. The molecule has 0 amide bonds. The summed E-state index contributed by atoms with van der Waals surface area (Å²) in [7, 11) is 1.26. The molecule has 0 fully saturated rings. The molecule has 19 heavy (non-hydrogen) atoms. The first-order chi connectivity index (χ1) is 8.92. The lowest BCUT2D eigenvalue weighted by molar-refractivity contribution is -0.384. The highest BCUT2D eigenvalue weighted by Gasteiger charge is 2.26. The van der Waals surface area contributed by atoms with E-state index in [0.717, 1.165) is 0 Å². The van der Waals surface area contributed by atoms with E-state index in [9.17, 15) is 14.9 Å². The van der Waals surface area contributed by atoms with Crippen molar-refractivity contribution in [3.05, 3.63) is 15.8 Å². The molecule has 0 aliphatic carbocycles. The zero-order valence-electron chi connectivity index (χ0n) is 10.9. The van der Waals surface area contributed by atoms with Gasteiger partial charge in [0.15, 0.2) is 6.10 Å². The Hall–Kier alpha value is -2.16. The van der Waals surface area contributed by atoms with Crippen LogP contribution < -0.4 is 5.32 Å². The van der Waals surface area contributed by atoms with Crippen LogP contribution in [0.15, 0.2) is 0 Å². The van der Waals surface area contributed by atoms with Gasteiger partial charge in [-0.15, -0.1) is 0 Å². The number of hydrogen-bond donors (Lipinski definition) is 2. The highest BCUT2D eigenvalue weighted by atomic mass is 16.6. The number of nitrogens with zero attached hydrogens (tertiary/aromatic N) is 3. The van der Waals surface area contributed by atoms with Crippen LogP contribution in [0.4, 0.5) is 11.5 Å². The summed E-state index contributed by atoms with van der Waals surface area (Å²) in [6.07, 6.45) is -1.08.